The zero-order chi connectivity index (χ0) is 21.2. The largest absolute Gasteiger partial charge is 0.416 e. The van der Waals surface area contributed by atoms with E-state index in [1.807, 2.05) is 0 Å². The predicted octanol–water partition coefficient (Wildman–Crippen LogP) is 3.22. The highest BCUT2D eigenvalue weighted by atomic mass is 19.4. The van der Waals surface area contributed by atoms with Gasteiger partial charge in [-0.1, -0.05) is 0 Å². The normalized spacial score (nSPS) is 15.3. The second-order valence-electron chi connectivity index (χ2n) is 7.04. The van der Waals surface area contributed by atoms with Gasteiger partial charge in [-0.05, 0) is 49.6 Å². The van der Waals surface area contributed by atoms with Crippen LogP contribution in [-0.2, 0) is 13.2 Å². The summed E-state index contributed by atoms with van der Waals surface area (Å²) in [5.41, 5.74) is -0.105. The number of halogens is 3. The molecule has 0 unspecified atom stereocenters. The topological polar surface area (TPSA) is 79.3 Å². The van der Waals surface area contributed by atoms with Gasteiger partial charge >= 0.3 is 12.2 Å². The Hall–Kier alpha value is -3.04. The van der Waals surface area contributed by atoms with Gasteiger partial charge in [0.05, 0.1) is 5.56 Å². The maximum Gasteiger partial charge on any atom is 0.416 e. The Balaban J connectivity index is 1.53. The van der Waals surface area contributed by atoms with Crippen LogP contribution in [0.5, 0.6) is 0 Å². The number of nitrogens with zero attached hydrogens (tertiary/aromatic N) is 3. The van der Waals surface area contributed by atoms with E-state index in [1.165, 1.54) is 38.2 Å². The molecule has 1 aromatic heterocycles. The molecule has 3 rings (SSSR count). The maximum absolute atomic E-state index is 12.9. The zero-order valence-corrected chi connectivity index (χ0v) is 16.1. The van der Waals surface area contributed by atoms with Crippen molar-refractivity contribution in [2.45, 2.75) is 32.0 Å². The molecule has 10 heteroatoms. The molecule has 0 radical (unpaired) electrons. The predicted molar refractivity (Wildman–Crippen MR) is 103 cm³/mol. The minimum atomic E-state index is -4.36. The van der Waals surface area contributed by atoms with Crippen molar-refractivity contribution in [3.63, 3.8) is 0 Å². The van der Waals surface area contributed by atoms with Crippen molar-refractivity contribution in [1.82, 2.24) is 14.7 Å². The average Bonchev–Trinajstić information content (AvgIpc) is 2.64. The van der Waals surface area contributed by atoms with E-state index in [0.29, 0.717) is 31.6 Å². The minimum absolute atomic E-state index is 0.0610. The van der Waals surface area contributed by atoms with Crippen LogP contribution in [-0.4, -0.2) is 39.8 Å². The fourth-order valence-electron chi connectivity index (χ4n) is 3.29. The third-order valence-electron chi connectivity index (χ3n) is 4.88. The van der Waals surface area contributed by atoms with E-state index in [0.717, 1.165) is 10.7 Å². The van der Waals surface area contributed by atoms with Crippen molar-refractivity contribution in [2.75, 3.05) is 23.7 Å². The Morgan fingerprint density at radius 2 is 1.86 bits per heavy atom. The van der Waals surface area contributed by atoms with E-state index in [1.54, 1.807) is 4.90 Å². The second kappa shape index (κ2) is 8.14. The summed E-state index contributed by atoms with van der Waals surface area (Å²) in [6, 6.07) is 6.53. The monoisotopic (exact) mass is 409 g/mol. The highest BCUT2D eigenvalue weighted by Crippen LogP contribution is 2.33. The Morgan fingerprint density at radius 3 is 2.45 bits per heavy atom. The molecule has 7 nitrogen and oxygen atoms in total. The van der Waals surface area contributed by atoms with Crippen LogP contribution in [0.2, 0.25) is 0 Å². The highest BCUT2D eigenvalue weighted by molar-refractivity contribution is 5.88. The lowest BCUT2D eigenvalue weighted by Crippen LogP contribution is -2.44. The number of urea groups is 1. The number of carbonyl (C=O) groups is 1. The number of anilines is 2. The third-order valence-corrected chi connectivity index (χ3v) is 4.88. The number of likely N-dealkylation sites (tertiary alicyclic amines) is 1. The van der Waals surface area contributed by atoms with Crippen molar-refractivity contribution < 1.29 is 18.0 Å². The first-order chi connectivity index (χ1) is 13.6. The van der Waals surface area contributed by atoms with E-state index < -0.39 is 11.7 Å². The molecule has 0 saturated carbocycles. The summed E-state index contributed by atoms with van der Waals surface area (Å²) in [5, 5.41) is 9.87. The fourth-order valence-corrected chi connectivity index (χ4v) is 3.29. The quantitative estimate of drug-likeness (QED) is 0.816. The second-order valence-corrected chi connectivity index (χ2v) is 7.04. The van der Waals surface area contributed by atoms with Crippen molar-refractivity contribution >= 4 is 17.5 Å². The van der Waals surface area contributed by atoms with Gasteiger partial charge in [0.1, 0.15) is 0 Å². The van der Waals surface area contributed by atoms with Crippen LogP contribution >= 0.6 is 0 Å². The first kappa shape index (κ1) is 20.7. The van der Waals surface area contributed by atoms with Crippen molar-refractivity contribution in [1.29, 1.82) is 0 Å². The summed E-state index contributed by atoms with van der Waals surface area (Å²) in [6.45, 7) is 2.43. The Kier molecular flexibility index (Phi) is 5.81. The first-order valence-electron chi connectivity index (χ1n) is 9.18. The molecule has 2 amide bonds. The van der Waals surface area contributed by atoms with Crippen molar-refractivity contribution in [2.24, 2.45) is 7.05 Å². The van der Waals surface area contributed by atoms with E-state index in [9.17, 15) is 22.8 Å². The lowest BCUT2D eigenvalue weighted by molar-refractivity contribution is -0.138. The summed E-state index contributed by atoms with van der Waals surface area (Å²) in [6.07, 6.45) is -3.04. The molecule has 0 spiro atoms. The lowest BCUT2D eigenvalue weighted by atomic mass is 10.0. The Morgan fingerprint density at radius 1 is 1.17 bits per heavy atom. The van der Waals surface area contributed by atoms with Crippen LogP contribution in [0, 0.1) is 6.92 Å². The van der Waals surface area contributed by atoms with Gasteiger partial charge in [0.2, 0.25) is 0 Å². The van der Waals surface area contributed by atoms with Gasteiger partial charge in [-0.3, -0.25) is 10.1 Å². The van der Waals surface area contributed by atoms with Gasteiger partial charge in [0.25, 0.3) is 5.56 Å². The standard InChI is InChI=1S/C19H22F3N5O2/c1-12-11-14(3-4-15(12)19(20,21)22)23-13-7-9-27(10-8-13)18(29)24-16-5-6-17(28)26(2)25-16/h3-6,11,13,23H,7-10H2,1-2H3,(H,24,25,29). The van der Waals surface area contributed by atoms with Crippen LogP contribution in [0.15, 0.2) is 35.1 Å². The van der Waals surface area contributed by atoms with Gasteiger partial charge in [-0.25, -0.2) is 9.48 Å². The molecule has 1 saturated heterocycles. The summed E-state index contributed by atoms with van der Waals surface area (Å²) >= 11 is 0. The average molecular weight is 409 g/mol. The molecular formula is C19H22F3N5O2. The number of hydrogen-bond donors (Lipinski definition) is 2. The number of aromatic nitrogens is 2. The van der Waals surface area contributed by atoms with Gasteiger partial charge in [0.15, 0.2) is 5.82 Å². The number of nitrogens with one attached hydrogen (secondary N) is 2. The summed E-state index contributed by atoms with van der Waals surface area (Å²) in [5.74, 6) is 0.289. The lowest BCUT2D eigenvalue weighted by Gasteiger charge is -2.33. The van der Waals surface area contributed by atoms with Crippen LogP contribution in [0.25, 0.3) is 0 Å². The molecule has 29 heavy (non-hydrogen) atoms. The number of alkyl halides is 3. The van der Waals surface area contributed by atoms with Crippen LogP contribution in [0.4, 0.5) is 29.5 Å². The number of aryl methyl sites for hydroxylation is 2. The highest BCUT2D eigenvalue weighted by Gasteiger charge is 2.32. The van der Waals surface area contributed by atoms with E-state index >= 15 is 0 Å². The SMILES string of the molecule is Cc1cc(NC2CCN(C(=O)Nc3ccc(=O)n(C)n3)CC2)ccc1C(F)(F)F. The molecule has 156 valence electrons. The van der Waals surface area contributed by atoms with Gasteiger partial charge in [-0.2, -0.15) is 18.3 Å². The Labute approximate surface area is 165 Å². The molecule has 0 atom stereocenters. The molecule has 0 bridgehead atoms. The van der Waals surface area contributed by atoms with Gasteiger partial charge < -0.3 is 10.2 Å². The maximum atomic E-state index is 12.9. The first-order valence-corrected chi connectivity index (χ1v) is 9.18. The van der Waals surface area contributed by atoms with E-state index in [2.05, 4.69) is 15.7 Å². The minimum Gasteiger partial charge on any atom is -0.382 e. The van der Waals surface area contributed by atoms with Crippen LogP contribution in [0.3, 0.4) is 0 Å². The van der Waals surface area contributed by atoms with E-state index in [4.69, 9.17) is 0 Å². The van der Waals surface area contributed by atoms with Crippen LogP contribution in [0.1, 0.15) is 24.0 Å². The number of benzene rings is 1. The Bertz CT molecular complexity index is 950. The number of carbonyl (C=O) groups excluding carboxylic acids is 1. The molecule has 2 aromatic rings. The molecule has 2 N–H and O–H groups in total. The van der Waals surface area contributed by atoms with Crippen molar-refractivity contribution in [3.05, 3.63) is 51.8 Å². The fraction of sp³-hybridized carbons (Fsp3) is 0.421. The molecule has 1 aliphatic rings. The number of piperidine rings is 1. The summed E-state index contributed by atoms with van der Waals surface area (Å²) < 4.78 is 39.7. The number of amides is 2. The molecular weight excluding hydrogens is 387 g/mol. The molecule has 2 heterocycles. The van der Waals surface area contributed by atoms with Gasteiger partial charge in [-0.15, -0.1) is 0 Å². The van der Waals surface area contributed by atoms with E-state index in [-0.39, 0.29) is 29.0 Å². The molecule has 1 aliphatic heterocycles. The zero-order valence-electron chi connectivity index (χ0n) is 16.1. The number of hydrogen-bond acceptors (Lipinski definition) is 4. The van der Waals surface area contributed by atoms with Crippen LogP contribution < -0.4 is 16.2 Å². The molecule has 0 aliphatic carbocycles. The summed E-state index contributed by atoms with van der Waals surface area (Å²) in [7, 11) is 1.50. The summed E-state index contributed by atoms with van der Waals surface area (Å²) in [4.78, 5) is 25.4. The van der Waals surface area contributed by atoms with Gasteiger partial charge in [0, 0.05) is 37.9 Å². The molecule has 1 fully saturated rings. The number of rotatable bonds is 3. The third kappa shape index (κ3) is 5.07. The van der Waals surface area contributed by atoms with Crippen molar-refractivity contribution in [3.8, 4) is 0 Å². The smallest absolute Gasteiger partial charge is 0.382 e. The molecule has 1 aromatic carbocycles.